The van der Waals surface area contributed by atoms with E-state index < -0.39 is 21.8 Å². The molecule has 0 saturated heterocycles. The van der Waals surface area contributed by atoms with Gasteiger partial charge in [0.2, 0.25) is 10.0 Å². The van der Waals surface area contributed by atoms with Crippen LogP contribution in [0.4, 0.5) is 0 Å². The van der Waals surface area contributed by atoms with Gasteiger partial charge in [0.15, 0.2) is 0 Å². The van der Waals surface area contributed by atoms with E-state index in [1.807, 2.05) is 6.92 Å². The van der Waals surface area contributed by atoms with Gasteiger partial charge in [-0.15, -0.1) is 0 Å². The maximum atomic E-state index is 11.3. The number of ketones is 1. The Kier molecular flexibility index (Phi) is 6.91. The highest BCUT2D eigenvalue weighted by Crippen LogP contribution is 1.95. The fraction of sp³-hybridized carbons (Fsp3) is 0.778. The molecule has 0 aliphatic heterocycles. The van der Waals surface area contributed by atoms with Gasteiger partial charge in [-0.1, -0.05) is 13.3 Å². The fourth-order valence-corrected chi connectivity index (χ4v) is 2.13. The lowest BCUT2D eigenvalue weighted by Gasteiger charge is -2.04. The fourth-order valence-electron chi connectivity index (χ4n) is 0.932. The quantitative estimate of drug-likeness (QED) is 0.607. The van der Waals surface area contributed by atoms with Crippen molar-refractivity contribution in [3.8, 4) is 0 Å². The molecule has 6 nitrogen and oxygen atoms in total. The smallest absolute Gasteiger partial charge is 0.303 e. The minimum Gasteiger partial charge on any atom is -0.481 e. The van der Waals surface area contributed by atoms with E-state index in [-0.39, 0.29) is 25.1 Å². The molecule has 0 radical (unpaired) electrons. The summed E-state index contributed by atoms with van der Waals surface area (Å²) >= 11 is 0. The van der Waals surface area contributed by atoms with Gasteiger partial charge in [-0.05, 0) is 6.42 Å². The number of unbranched alkanes of at least 4 members (excludes halogenated alkanes) is 1. The molecule has 2 N–H and O–H groups in total. The standard InChI is InChI=1S/C9H17NO5S/c1-2-3-6-16(14,15)10-7-8(11)4-5-9(12)13/h10H,2-7H2,1H3,(H,12,13). The number of nitrogens with one attached hydrogen (secondary N) is 1. The Labute approximate surface area is 95.1 Å². The third-order valence-corrected chi connectivity index (χ3v) is 3.28. The van der Waals surface area contributed by atoms with Gasteiger partial charge in [-0.2, -0.15) is 0 Å². The van der Waals surface area contributed by atoms with Crippen LogP contribution in [0, 0.1) is 0 Å². The van der Waals surface area contributed by atoms with E-state index in [1.165, 1.54) is 0 Å². The first kappa shape index (κ1) is 15.0. The number of sulfonamides is 1. The van der Waals surface area contributed by atoms with E-state index in [9.17, 15) is 18.0 Å². The van der Waals surface area contributed by atoms with Gasteiger partial charge in [0, 0.05) is 6.42 Å². The molecule has 0 aromatic carbocycles. The molecule has 0 aromatic rings. The first-order valence-electron chi connectivity index (χ1n) is 5.08. The first-order valence-corrected chi connectivity index (χ1v) is 6.73. The summed E-state index contributed by atoms with van der Waals surface area (Å²) in [6.07, 6.45) is 0.883. The minimum absolute atomic E-state index is 0.00426. The number of carboxylic acids is 1. The van der Waals surface area contributed by atoms with Crippen molar-refractivity contribution in [1.29, 1.82) is 0 Å². The van der Waals surface area contributed by atoms with Crippen molar-refractivity contribution < 1.29 is 23.1 Å². The lowest BCUT2D eigenvalue weighted by Crippen LogP contribution is -2.31. The number of rotatable bonds is 9. The molecule has 0 unspecified atom stereocenters. The summed E-state index contributed by atoms with van der Waals surface area (Å²) in [6, 6.07) is 0. The Hall–Kier alpha value is -0.950. The van der Waals surface area contributed by atoms with Crippen molar-refractivity contribution in [3.63, 3.8) is 0 Å². The number of carboxylic acid groups (broad SMARTS) is 1. The molecule has 0 rings (SSSR count). The van der Waals surface area contributed by atoms with Crippen molar-refractivity contribution in [1.82, 2.24) is 4.72 Å². The SMILES string of the molecule is CCCCS(=O)(=O)NCC(=O)CCC(=O)O. The molecule has 94 valence electrons. The Balaban J connectivity index is 3.86. The number of aliphatic carboxylic acids is 1. The topological polar surface area (TPSA) is 101 Å². The Morgan fingerprint density at radius 3 is 2.38 bits per heavy atom. The predicted molar refractivity (Wildman–Crippen MR) is 58.6 cm³/mol. The van der Waals surface area contributed by atoms with Crippen molar-refractivity contribution in [2.75, 3.05) is 12.3 Å². The molecule has 0 aliphatic carbocycles. The minimum atomic E-state index is -3.40. The van der Waals surface area contributed by atoms with Crippen LogP contribution in [0.1, 0.15) is 32.6 Å². The summed E-state index contributed by atoms with van der Waals surface area (Å²) in [7, 11) is -3.40. The Morgan fingerprint density at radius 1 is 1.25 bits per heavy atom. The van der Waals surface area contributed by atoms with Gasteiger partial charge >= 0.3 is 5.97 Å². The molecule has 0 spiro atoms. The third kappa shape index (κ3) is 8.37. The zero-order valence-corrected chi connectivity index (χ0v) is 10.0. The van der Waals surface area contributed by atoms with Gasteiger partial charge in [-0.25, -0.2) is 13.1 Å². The number of carbonyl (C=O) groups excluding carboxylic acids is 1. The third-order valence-electron chi connectivity index (χ3n) is 1.87. The molecular formula is C9H17NO5S. The first-order chi connectivity index (χ1) is 7.37. The van der Waals surface area contributed by atoms with Crippen molar-refractivity contribution in [2.24, 2.45) is 0 Å². The summed E-state index contributed by atoms with van der Waals surface area (Å²) in [4.78, 5) is 21.2. The molecule has 0 bridgehead atoms. The lowest BCUT2D eigenvalue weighted by atomic mass is 10.2. The summed E-state index contributed by atoms with van der Waals surface area (Å²) in [5.41, 5.74) is 0. The molecule has 16 heavy (non-hydrogen) atoms. The second kappa shape index (κ2) is 7.34. The Morgan fingerprint density at radius 2 is 1.88 bits per heavy atom. The van der Waals surface area contributed by atoms with Crippen LogP contribution in [-0.2, 0) is 19.6 Å². The highest BCUT2D eigenvalue weighted by Gasteiger charge is 2.12. The van der Waals surface area contributed by atoms with Crippen LogP contribution in [0.2, 0.25) is 0 Å². The van der Waals surface area contributed by atoms with Gasteiger partial charge < -0.3 is 5.11 Å². The number of carbonyl (C=O) groups is 2. The van der Waals surface area contributed by atoms with Crippen molar-refractivity contribution in [3.05, 3.63) is 0 Å². The Bertz CT molecular complexity index is 336. The molecule has 0 saturated carbocycles. The summed E-state index contributed by atoms with van der Waals surface area (Å²) in [5, 5.41) is 8.32. The molecule has 0 fully saturated rings. The van der Waals surface area contributed by atoms with Gasteiger partial charge in [0.1, 0.15) is 5.78 Å². The monoisotopic (exact) mass is 251 g/mol. The summed E-state index contributed by atoms with van der Waals surface area (Å²) < 4.78 is 24.7. The van der Waals surface area contributed by atoms with Gasteiger partial charge in [0.25, 0.3) is 0 Å². The van der Waals surface area contributed by atoms with Gasteiger partial charge in [-0.3, -0.25) is 9.59 Å². The molecule has 0 aromatic heterocycles. The maximum Gasteiger partial charge on any atom is 0.303 e. The average molecular weight is 251 g/mol. The largest absolute Gasteiger partial charge is 0.481 e. The van der Waals surface area contributed by atoms with E-state index in [0.717, 1.165) is 6.42 Å². The van der Waals surface area contributed by atoms with E-state index >= 15 is 0 Å². The van der Waals surface area contributed by atoms with Crippen molar-refractivity contribution >= 4 is 21.8 Å². The molecule has 0 aliphatic rings. The molecule has 0 atom stereocenters. The van der Waals surface area contributed by atoms with Crippen LogP contribution >= 0.6 is 0 Å². The number of hydrogen-bond acceptors (Lipinski definition) is 4. The van der Waals surface area contributed by atoms with Crippen LogP contribution < -0.4 is 4.72 Å². The van der Waals surface area contributed by atoms with Crippen LogP contribution in [0.25, 0.3) is 0 Å². The van der Waals surface area contributed by atoms with Crippen LogP contribution in [0.3, 0.4) is 0 Å². The van der Waals surface area contributed by atoms with E-state index in [2.05, 4.69) is 4.72 Å². The zero-order chi connectivity index (χ0) is 12.6. The second-order valence-corrected chi connectivity index (χ2v) is 5.35. The van der Waals surface area contributed by atoms with E-state index in [1.54, 1.807) is 0 Å². The number of Topliss-reactive ketones (excluding diaryl/α,β-unsaturated/α-hetero) is 1. The highest BCUT2D eigenvalue weighted by molar-refractivity contribution is 7.89. The van der Waals surface area contributed by atoms with Crippen LogP contribution in [-0.4, -0.2) is 37.6 Å². The summed E-state index contributed by atoms with van der Waals surface area (Å²) in [6.45, 7) is 1.55. The summed E-state index contributed by atoms with van der Waals surface area (Å²) in [5.74, 6) is -1.49. The molecule has 0 heterocycles. The lowest BCUT2D eigenvalue weighted by molar-refractivity contribution is -0.138. The highest BCUT2D eigenvalue weighted by atomic mass is 32.2. The molecule has 7 heteroatoms. The number of hydrogen-bond donors (Lipinski definition) is 2. The second-order valence-electron chi connectivity index (χ2n) is 3.43. The van der Waals surface area contributed by atoms with E-state index in [0.29, 0.717) is 6.42 Å². The van der Waals surface area contributed by atoms with Gasteiger partial charge in [0.05, 0.1) is 18.7 Å². The van der Waals surface area contributed by atoms with Crippen molar-refractivity contribution in [2.45, 2.75) is 32.6 Å². The van der Waals surface area contributed by atoms with Crippen LogP contribution in [0.15, 0.2) is 0 Å². The average Bonchev–Trinajstić information content (AvgIpc) is 2.21. The molecule has 0 amide bonds. The maximum absolute atomic E-state index is 11.3. The predicted octanol–water partition coefficient (Wildman–Crippen LogP) is 0.140. The normalized spacial score (nSPS) is 11.3. The van der Waals surface area contributed by atoms with E-state index in [4.69, 9.17) is 5.11 Å². The molecular weight excluding hydrogens is 234 g/mol. The zero-order valence-electron chi connectivity index (χ0n) is 9.23. The van der Waals surface area contributed by atoms with Crippen LogP contribution in [0.5, 0.6) is 0 Å².